The van der Waals surface area contributed by atoms with Crippen LogP contribution in [-0.4, -0.2) is 11.8 Å². The van der Waals surface area contributed by atoms with E-state index >= 15 is 0 Å². The summed E-state index contributed by atoms with van der Waals surface area (Å²) in [5.74, 6) is -0.384. The van der Waals surface area contributed by atoms with Crippen LogP contribution in [0.3, 0.4) is 0 Å². The summed E-state index contributed by atoms with van der Waals surface area (Å²) in [6.45, 7) is 1.43. The van der Waals surface area contributed by atoms with Gasteiger partial charge in [0, 0.05) is 23.7 Å². The Balaban J connectivity index is 2.10. The van der Waals surface area contributed by atoms with Crippen LogP contribution in [0.4, 0.5) is 11.4 Å². The highest BCUT2D eigenvalue weighted by Crippen LogP contribution is 2.21. The second kappa shape index (κ2) is 5.86. The number of nitrogens with one attached hydrogen (secondary N) is 2. The highest BCUT2D eigenvalue weighted by atomic mass is 35.5. The Bertz CT molecular complexity index is 625. The van der Waals surface area contributed by atoms with E-state index in [0.29, 0.717) is 21.3 Å². The predicted octanol–water partition coefficient (Wildman–Crippen LogP) is 3.61. The molecule has 2 rings (SSSR count). The van der Waals surface area contributed by atoms with Gasteiger partial charge in [-0.2, -0.15) is 0 Å². The van der Waals surface area contributed by atoms with Gasteiger partial charge in [-0.15, -0.1) is 11.3 Å². The molecule has 1 aromatic carbocycles. The maximum atomic E-state index is 11.9. The number of benzene rings is 1. The van der Waals surface area contributed by atoms with E-state index < -0.39 is 0 Å². The fraction of sp³-hybridized carbons (Fsp3) is 0.0769. The minimum atomic E-state index is -0.225. The van der Waals surface area contributed by atoms with Gasteiger partial charge in [-0.3, -0.25) is 9.59 Å². The monoisotopic (exact) mass is 294 g/mol. The van der Waals surface area contributed by atoms with Gasteiger partial charge in [0.15, 0.2) is 0 Å². The third kappa shape index (κ3) is 3.81. The van der Waals surface area contributed by atoms with E-state index in [-0.39, 0.29) is 11.8 Å². The van der Waals surface area contributed by atoms with Crippen LogP contribution in [0, 0.1) is 0 Å². The van der Waals surface area contributed by atoms with E-state index in [4.69, 9.17) is 11.6 Å². The molecule has 0 saturated carbocycles. The van der Waals surface area contributed by atoms with Crippen LogP contribution in [-0.2, 0) is 4.79 Å². The van der Waals surface area contributed by atoms with Crippen molar-refractivity contribution in [3.8, 4) is 0 Å². The zero-order valence-electron chi connectivity index (χ0n) is 10.1. The van der Waals surface area contributed by atoms with Gasteiger partial charge in [0.2, 0.25) is 5.91 Å². The lowest BCUT2D eigenvalue weighted by molar-refractivity contribution is -0.114. The van der Waals surface area contributed by atoms with Crippen LogP contribution in [0.2, 0.25) is 5.02 Å². The molecule has 0 aliphatic carbocycles. The minimum Gasteiger partial charge on any atom is -0.326 e. The molecule has 19 heavy (non-hydrogen) atoms. The van der Waals surface area contributed by atoms with Gasteiger partial charge in [0.25, 0.3) is 5.91 Å². The Morgan fingerprint density at radius 3 is 2.42 bits per heavy atom. The summed E-state index contributed by atoms with van der Waals surface area (Å²) >= 11 is 7.05. The largest absolute Gasteiger partial charge is 0.326 e. The lowest BCUT2D eigenvalue weighted by Gasteiger charge is -2.06. The molecule has 0 saturated heterocycles. The number of hydrogen-bond acceptors (Lipinski definition) is 3. The number of carbonyl (C=O) groups is 2. The molecular formula is C13H11ClN2O2S. The zero-order valence-corrected chi connectivity index (χ0v) is 11.6. The zero-order chi connectivity index (χ0) is 13.8. The third-order valence-electron chi connectivity index (χ3n) is 2.23. The Labute approximate surface area is 119 Å². The Hall–Kier alpha value is -1.85. The molecule has 0 spiro atoms. The summed E-state index contributed by atoms with van der Waals surface area (Å²) in [5, 5.41) is 7.64. The summed E-state index contributed by atoms with van der Waals surface area (Å²) in [4.78, 5) is 23.4. The molecule has 98 valence electrons. The summed E-state index contributed by atoms with van der Waals surface area (Å²) in [7, 11) is 0. The molecule has 0 fully saturated rings. The number of carbonyl (C=O) groups excluding carboxylic acids is 2. The standard InChI is InChI=1S/C13H11ClN2O2S/c1-8(17)15-10-3-2-4-11(6-10)16-13(18)12-5-9(14)7-19-12/h2-7H,1H3,(H,15,17)(H,16,18). The lowest BCUT2D eigenvalue weighted by Crippen LogP contribution is -2.11. The summed E-state index contributed by atoms with van der Waals surface area (Å²) in [6, 6.07) is 8.55. The van der Waals surface area contributed by atoms with Crippen molar-refractivity contribution in [3.63, 3.8) is 0 Å². The number of anilines is 2. The van der Waals surface area contributed by atoms with Gasteiger partial charge in [0.1, 0.15) is 0 Å². The first-order chi connectivity index (χ1) is 9.04. The number of rotatable bonds is 3. The molecule has 0 atom stereocenters. The van der Waals surface area contributed by atoms with Crippen LogP contribution < -0.4 is 10.6 Å². The molecule has 1 heterocycles. The van der Waals surface area contributed by atoms with Gasteiger partial charge in [-0.1, -0.05) is 17.7 Å². The van der Waals surface area contributed by atoms with Gasteiger partial charge in [-0.05, 0) is 24.3 Å². The first kappa shape index (κ1) is 13.6. The fourth-order valence-corrected chi connectivity index (χ4v) is 2.47. The highest BCUT2D eigenvalue weighted by molar-refractivity contribution is 7.12. The van der Waals surface area contributed by atoms with Gasteiger partial charge in [-0.25, -0.2) is 0 Å². The first-order valence-corrected chi connectivity index (χ1v) is 6.73. The van der Waals surface area contributed by atoms with Crippen molar-refractivity contribution in [3.05, 3.63) is 45.6 Å². The molecule has 2 aromatic rings. The first-order valence-electron chi connectivity index (χ1n) is 5.47. The normalized spacial score (nSPS) is 10.0. The topological polar surface area (TPSA) is 58.2 Å². The van der Waals surface area contributed by atoms with Crippen molar-refractivity contribution in [2.24, 2.45) is 0 Å². The molecule has 1 aromatic heterocycles. The summed E-state index contributed by atoms with van der Waals surface area (Å²) in [5.41, 5.74) is 1.25. The smallest absolute Gasteiger partial charge is 0.265 e. The minimum absolute atomic E-state index is 0.159. The van der Waals surface area contributed by atoms with E-state index in [1.807, 2.05) is 0 Å². The predicted molar refractivity (Wildman–Crippen MR) is 78.0 cm³/mol. The number of hydrogen-bond donors (Lipinski definition) is 2. The fourth-order valence-electron chi connectivity index (χ4n) is 1.50. The van der Waals surface area contributed by atoms with Gasteiger partial charge < -0.3 is 10.6 Å². The number of thiophene rings is 1. The number of amides is 2. The van der Waals surface area contributed by atoms with Gasteiger partial charge >= 0.3 is 0 Å². The maximum absolute atomic E-state index is 11.9. The third-order valence-corrected chi connectivity index (χ3v) is 3.51. The quantitative estimate of drug-likeness (QED) is 0.908. The molecule has 4 nitrogen and oxygen atoms in total. The molecule has 2 N–H and O–H groups in total. The molecule has 2 amide bonds. The van der Waals surface area contributed by atoms with Crippen LogP contribution in [0.5, 0.6) is 0 Å². The maximum Gasteiger partial charge on any atom is 0.265 e. The Morgan fingerprint density at radius 2 is 1.84 bits per heavy atom. The molecule has 0 radical (unpaired) electrons. The second-order valence-electron chi connectivity index (χ2n) is 3.85. The van der Waals surface area contributed by atoms with E-state index in [0.717, 1.165) is 0 Å². The second-order valence-corrected chi connectivity index (χ2v) is 5.19. The van der Waals surface area contributed by atoms with E-state index in [9.17, 15) is 9.59 Å². The molecule has 6 heteroatoms. The SMILES string of the molecule is CC(=O)Nc1cccc(NC(=O)c2cc(Cl)cs2)c1. The van der Waals surface area contributed by atoms with Crippen molar-refractivity contribution in [1.29, 1.82) is 0 Å². The van der Waals surface area contributed by atoms with Crippen LogP contribution in [0.1, 0.15) is 16.6 Å². The van der Waals surface area contributed by atoms with Crippen LogP contribution in [0.15, 0.2) is 35.7 Å². The van der Waals surface area contributed by atoms with Crippen molar-refractivity contribution in [2.45, 2.75) is 6.92 Å². The summed E-state index contributed by atoms with van der Waals surface area (Å²) < 4.78 is 0. The average molecular weight is 295 g/mol. The van der Waals surface area contributed by atoms with Crippen LogP contribution in [0.25, 0.3) is 0 Å². The van der Waals surface area contributed by atoms with E-state index in [1.54, 1.807) is 35.7 Å². The average Bonchev–Trinajstić information content (AvgIpc) is 2.75. The Morgan fingerprint density at radius 1 is 1.16 bits per heavy atom. The molecule has 0 bridgehead atoms. The molecule has 0 aliphatic rings. The van der Waals surface area contributed by atoms with Crippen molar-refractivity contribution in [1.82, 2.24) is 0 Å². The lowest BCUT2D eigenvalue weighted by atomic mass is 10.2. The van der Waals surface area contributed by atoms with Crippen molar-refractivity contribution >= 4 is 46.1 Å². The highest BCUT2D eigenvalue weighted by Gasteiger charge is 2.09. The van der Waals surface area contributed by atoms with Crippen molar-refractivity contribution in [2.75, 3.05) is 10.6 Å². The van der Waals surface area contributed by atoms with Crippen LogP contribution >= 0.6 is 22.9 Å². The molecule has 0 aliphatic heterocycles. The number of halogens is 1. The van der Waals surface area contributed by atoms with E-state index in [1.165, 1.54) is 18.3 Å². The summed E-state index contributed by atoms with van der Waals surface area (Å²) in [6.07, 6.45) is 0. The Kier molecular flexibility index (Phi) is 4.19. The molecular weight excluding hydrogens is 284 g/mol. The van der Waals surface area contributed by atoms with Crippen molar-refractivity contribution < 1.29 is 9.59 Å². The van der Waals surface area contributed by atoms with Gasteiger partial charge in [0.05, 0.1) is 9.90 Å². The van der Waals surface area contributed by atoms with E-state index in [2.05, 4.69) is 10.6 Å². The molecule has 0 unspecified atom stereocenters.